The van der Waals surface area contributed by atoms with Crippen LogP contribution in [0.2, 0.25) is 0 Å². The number of rotatable bonds is 3. The van der Waals surface area contributed by atoms with E-state index in [0.29, 0.717) is 0 Å². The van der Waals surface area contributed by atoms with Crippen LogP contribution in [0.5, 0.6) is 0 Å². The highest BCUT2D eigenvalue weighted by Crippen LogP contribution is 2.18. The van der Waals surface area contributed by atoms with Gasteiger partial charge in [0.05, 0.1) is 6.04 Å². The lowest BCUT2D eigenvalue weighted by Gasteiger charge is -2.11. The molecule has 0 bridgehead atoms. The number of hydrogen-bond donors (Lipinski definition) is 2. The van der Waals surface area contributed by atoms with E-state index in [4.69, 9.17) is 5.73 Å². The average Bonchev–Trinajstić information content (AvgIpc) is 2.49. The first-order chi connectivity index (χ1) is 8.81. The third kappa shape index (κ3) is 3.53. The summed E-state index contributed by atoms with van der Waals surface area (Å²) in [5.74, 6) is 0.835. The first kappa shape index (κ1) is 14.1. The van der Waals surface area contributed by atoms with Crippen LogP contribution < -0.4 is 11.1 Å². The van der Waals surface area contributed by atoms with Gasteiger partial charge in [0.15, 0.2) is 0 Å². The fourth-order valence-electron chi connectivity index (χ4n) is 1.49. The van der Waals surface area contributed by atoms with Crippen LogP contribution in [0.4, 0.5) is 5.82 Å². The number of pyridine rings is 2. The van der Waals surface area contributed by atoms with Crippen molar-refractivity contribution >= 4 is 5.82 Å². The Balaban J connectivity index is 0.000000771. The minimum absolute atomic E-state index is 0.174. The molecule has 0 aliphatic heterocycles. The van der Waals surface area contributed by atoms with Crippen LogP contribution in [-0.2, 0) is 0 Å². The number of hydrogen-bond acceptors (Lipinski definition) is 4. The van der Waals surface area contributed by atoms with Gasteiger partial charge in [-0.25, -0.2) is 4.98 Å². The van der Waals surface area contributed by atoms with Crippen LogP contribution in [0, 0.1) is 0 Å². The predicted molar refractivity (Wildman–Crippen MR) is 75.4 cm³/mol. The third-order valence-corrected chi connectivity index (χ3v) is 2.45. The molecule has 4 heteroatoms. The Labute approximate surface area is 108 Å². The summed E-state index contributed by atoms with van der Waals surface area (Å²) in [6.07, 6.45) is 5.29. The van der Waals surface area contributed by atoms with Crippen molar-refractivity contribution in [3.05, 3.63) is 54.0 Å². The van der Waals surface area contributed by atoms with E-state index in [0.717, 1.165) is 16.9 Å². The molecule has 4 nitrogen and oxygen atoms in total. The number of nitrogens with zero attached hydrogens (tertiary/aromatic N) is 2. The highest BCUT2D eigenvalue weighted by Gasteiger charge is 2.08. The highest BCUT2D eigenvalue weighted by atomic mass is 14.9. The average molecular weight is 244 g/mol. The summed E-state index contributed by atoms with van der Waals surface area (Å²) < 4.78 is 0. The minimum Gasteiger partial charge on any atom is -0.373 e. The van der Waals surface area contributed by atoms with Crippen molar-refractivity contribution in [1.29, 1.82) is 0 Å². The molecule has 0 aliphatic rings. The van der Waals surface area contributed by atoms with Gasteiger partial charge in [-0.2, -0.15) is 0 Å². The Morgan fingerprint density at radius 1 is 1.11 bits per heavy atom. The fourth-order valence-corrected chi connectivity index (χ4v) is 1.49. The minimum atomic E-state index is -0.174. The van der Waals surface area contributed by atoms with Gasteiger partial charge < -0.3 is 11.1 Å². The molecule has 0 fully saturated rings. The maximum absolute atomic E-state index is 6.11. The van der Waals surface area contributed by atoms with Gasteiger partial charge in [0.25, 0.3) is 0 Å². The van der Waals surface area contributed by atoms with Gasteiger partial charge in [0.2, 0.25) is 0 Å². The summed E-state index contributed by atoms with van der Waals surface area (Å²) in [5, 5.41) is 2.97. The van der Waals surface area contributed by atoms with E-state index in [-0.39, 0.29) is 6.04 Å². The zero-order valence-electron chi connectivity index (χ0n) is 11.1. The second-order valence-corrected chi connectivity index (χ2v) is 3.49. The molecule has 0 spiro atoms. The molecule has 0 aliphatic carbocycles. The predicted octanol–water partition coefficient (Wildman–Crippen LogP) is 2.59. The zero-order chi connectivity index (χ0) is 13.4. The van der Waals surface area contributed by atoms with Crippen LogP contribution in [0.15, 0.2) is 42.9 Å². The van der Waals surface area contributed by atoms with Gasteiger partial charge >= 0.3 is 0 Å². The molecule has 18 heavy (non-hydrogen) atoms. The first-order valence-corrected chi connectivity index (χ1v) is 6.10. The maximum Gasteiger partial charge on any atom is 0.125 e. The van der Waals surface area contributed by atoms with Crippen molar-refractivity contribution in [3.8, 4) is 0 Å². The summed E-state index contributed by atoms with van der Waals surface area (Å²) in [7, 11) is 1.84. The lowest BCUT2D eigenvalue weighted by Crippen LogP contribution is -2.12. The lowest BCUT2D eigenvalue weighted by molar-refractivity contribution is 0.856. The molecular formula is C14H20N4. The molecule has 2 aromatic rings. The van der Waals surface area contributed by atoms with Crippen molar-refractivity contribution in [2.24, 2.45) is 5.73 Å². The normalized spacial score (nSPS) is 11.1. The van der Waals surface area contributed by atoms with E-state index in [1.165, 1.54) is 0 Å². The third-order valence-electron chi connectivity index (χ3n) is 2.45. The molecule has 2 heterocycles. The van der Waals surface area contributed by atoms with Crippen LogP contribution in [-0.4, -0.2) is 17.0 Å². The summed E-state index contributed by atoms with van der Waals surface area (Å²) in [4.78, 5) is 8.28. The number of anilines is 1. The first-order valence-electron chi connectivity index (χ1n) is 6.10. The fraction of sp³-hybridized carbons (Fsp3) is 0.286. The van der Waals surface area contributed by atoms with E-state index in [1.54, 1.807) is 18.6 Å². The molecular weight excluding hydrogens is 224 g/mol. The number of nitrogens with one attached hydrogen (secondary N) is 1. The second kappa shape index (κ2) is 7.40. The Hall–Kier alpha value is -1.94. The van der Waals surface area contributed by atoms with Crippen LogP contribution >= 0.6 is 0 Å². The van der Waals surface area contributed by atoms with Gasteiger partial charge in [-0.3, -0.25) is 4.98 Å². The molecule has 0 amide bonds. The summed E-state index contributed by atoms with van der Waals surface area (Å²) >= 11 is 0. The molecule has 0 saturated carbocycles. The molecule has 96 valence electrons. The van der Waals surface area contributed by atoms with Crippen molar-refractivity contribution in [2.45, 2.75) is 19.9 Å². The highest BCUT2D eigenvalue weighted by molar-refractivity contribution is 5.37. The molecule has 1 unspecified atom stereocenters. The smallest absolute Gasteiger partial charge is 0.125 e. The topological polar surface area (TPSA) is 63.8 Å². The second-order valence-electron chi connectivity index (χ2n) is 3.49. The molecule has 2 aromatic heterocycles. The summed E-state index contributed by atoms with van der Waals surface area (Å²) in [5.41, 5.74) is 8.07. The van der Waals surface area contributed by atoms with Gasteiger partial charge in [0.1, 0.15) is 5.82 Å². The Morgan fingerprint density at radius 2 is 1.83 bits per heavy atom. The van der Waals surface area contributed by atoms with Crippen molar-refractivity contribution in [3.63, 3.8) is 0 Å². The molecule has 0 aromatic carbocycles. The Morgan fingerprint density at radius 3 is 2.33 bits per heavy atom. The maximum atomic E-state index is 6.11. The monoisotopic (exact) mass is 244 g/mol. The van der Waals surface area contributed by atoms with Crippen molar-refractivity contribution < 1.29 is 0 Å². The van der Waals surface area contributed by atoms with Crippen molar-refractivity contribution in [2.75, 3.05) is 12.4 Å². The largest absolute Gasteiger partial charge is 0.373 e. The van der Waals surface area contributed by atoms with E-state index in [9.17, 15) is 0 Å². The van der Waals surface area contributed by atoms with Gasteiger partial charge in [-0.15, -0.1) is 0 Å². The number of aromatic nitrogens is 2. The Bertz CT molecular complexity index is 439. The molecule has 0 saturated heterocycles. The zero-order valence-corrected chi connectivity index (χ0v) is 11.1. The van der Waals surface area contributed by atoms with Crippen LogP contribution in [0.3, 0.4) is 0 Å². The molecule has 3 N–H and O–H groups in total. The number of nitrogens with two attached hydrogens (primary N) is 1. The van der Waals surface area contributed by atoms with Gasteiger partial charge in [-0.1, -0.05) is 26.0 Å². The quantitative estimate of drug-likeness (QED) is 0.871. The standard InChI is InChI=1S/C12H14N4.C2H6/c1-14-11-5-4-10(8-16-11)12(13)9-3-2-6-15-7-9;1-2/h2-8,12H,13H2,1H3,(H,14,16);1-2H3. The van der Waals surface area contributed by atoms with Crippen molar-refractivity contribution in [1.82, 2.24) is 9.97 Å². The van der Waals surface area contributed by atoms with E-state index in [2.05, 4.69) is 15.3 Å². The van der Waals surface area contributed by atoms with E-state index in [1.807, 2.05) is 45.2 Å². The van der Waals surface area contributed by atoms with E-state index < -0.39 is 0 Å². The van der Waals surface area contributed by atoms with Gasteiger partial charge in [0, 0.05) is 25.6 Å². The Kier molecular flexibility index (Phi) is 5.80. The SMILES string of the molecule is CC.CNc1ccc(C(N)c2cccnc2)cn1. The van der Waals surface area contributed by atoms with E-state index >= 15 is 0 Å². The molecule has 0 radical (unpaired) electrons. The summed E-state index contributed by atoms with van der Waals surface area (Å²) in [6.45, 7) is 4.00. The van der Waals surface area contributed by atoms with Crippen LogP contribution in [0.25, 0.3) is 0 Å². The molecule has 1 atom stereocenters. The van der Waals surface area contributed by atoms with Crippen LogP contribution in [0.1, 0.15) is 31.0 Å². The lowest BCUT2D eigenvalue weighted by atomic mass is 10.0. The molecule has 2 rings (SSSR count). The van der Waals surface area contributed by atoms with Gasteiger partial charge in [-0.05, 0) is 23.3 Å². The summed E-state index contributed by atoms with van der Waals surface area (Å²) in [6, 6.07) is 7.54.